The molecule has 1 heterocycles. The Morgan fingerprint density at radius 2 is 1.71 bits per heavy atom. The van der Waals surface area contributed by atoms with Gasteiger partial charge in [-0.25, -0.2) is 4.98 Å². The predicted octanol–water partition coefficient (Wildman–Crippen LogP) is 4.66. The van der Waals surface area contributed by atoms with Crippen molar-refractivity contribution in [2.75, 3.05) is 5.73 Å². The van der Waals surface area contributed by atoms with Crippen LogP contribution in [0.25, 0.3) is 0 Å². The minimum Gasteiger partial charge on any atom is -0.384 e. The summed E-state index contributed by atoms with van der Waals surface area (Å²) in [6, 6.07) is 0. The smallest absolute Gasteiger partial charge is 0.126 e. The molecule has 0 unspecified atom stereocenters. The van der Waals surface area contributed by atoms with Crippen LogP contribution in [0.2, 0.25) is 0 Å². The highest BCUT2D eigenvalue weighted by Crippen LogP contribution is 2.36. The van der Waals surface area contributed by atoms with Crippen LogP contribution in [0.4, 0.5) is 5.82 Å². The number of nitrogen functional groups attached to an aromatic ring is 1. The van der Waals surface area contributed by atoms with Crippen LogP contribution in [-0.4, -0.2) is 9.55 Å². The summed E-state index contributed by atoms with van der Waals surface area (Å²) in [5.41, 5.74) is 7.68. The zero-order valence-corrected chi connectivity index (χ0v) is 13.6. The van der Waals surface area contributed by atoms with Gasteiger partial charge >= 0.3 is 0 Å². The second kappa shape index (κ2) is 6.85. The van der Waals surface area contributed by atoms with Crippen LogP contribution < -0.4 is 5.73 Å². The molecule has 2 aliphatic carbocycles. The molecule has 2 fully saturated rings. The van der Waals surface area contributed by atoms with Gasteiger partial charge in [0.2, 0.25) is 0 Å². The number of nitrogens with zero attached hydrogens (tertiary/aromatic N) is 2. The zero-order chi connectivity index (χ0) is 14.7. The Labute approximate surface area is 129 Å². The Bertz CT molecular complexity index is 451. The molecule has 2 saturated carbocycles. The summed E-state index contributed by atoms with van der Waals surface area (Å²) in [5.74, 6) is 3.77. The van der Waals surface area contributed by atoms with E-state index in [1.807, 2.05) is 0 Å². The van der Waals surface area contributed by atoms with E-state index in [1.54, 1.807) is 0 Å². The van der Waals surface area contributed by atoms with Gasteiger partial charge in [-0.15, -0.1) is 0 Å². The van der Waals surface area contributed by atoms with E-state index in [0.29, 0.717) is 5.92 Å². The van der Waals surface area contributed by atoms with Crippen LogP contribution in [0.1, 0.15) is 88.6 Å². The molecule has 118 valence electrons. The van der Waals surface area contributed by atoms with Crippen molar-refractivity contribution in [1.29, 1.82) is 0 Å². The first-order chi connectivity index (χ1) is 10.3. The summed E-state index contributed by atoms with van der Waals surface area (Å²) in [6.07, 6.45) is 14.6. The highest BCUT2D eigenvalue weighted by molar-refractivity contribution is 5.39. The van der Waals surface area contributed by atoms with E-state index >= 15 is 0 Å². The average molecular weight is 289 g/mol. The van der Waals surface area contributed by atoms with Crippen LogP contribution in [0.15, 0.2) is 0 Å². The van der Waals surface area contributed by atoms with Gasteiger partial charge in [0, 0.05) is 12.5 Å². The van der Waals surface area contributed by atoms with Crippen LogP contribution in [-0.2, 0) is 13.0 Å². The molecule has 1 aromatic heterocycles. The molecule has 0 aromatic carbocycles. The lowest BCUT2D eigenvalue weighted by Crippen LogP contribution is -2.11. The highest BCUT2D eigenvalue weighted by Gasteiger charge is 2.26. The number of nitrogens with two attached hydrogens (primary N) is 1. The van der Waals surface area contributed by atoms with Gasteiger partial charge in [-0.3, -0.25) is 0 Å². The number of imidazole rings is 1. The van der Waals surface area contributed by atoms with Crippen LogP contribution in [0.5, 0.6) is 0 Å². The Morgan fingerprint density at radius 3 is 2.38 bits per heavy atom. The van der Waals surface area contributed by atoms with Crippen molar-refractivity contribution in [1.82, 2.24) is 9.55 Å². The minimum absolute atomic E-state index is 0.666. The number of aromatic nitrogens is 2. The van der Waals surface area contributed by atoms with E-state index in [2.05, 4.69) is 11.5 Å². The molecule has 2 N–H and O–H groups in total. The van der Waals surface area contributed by atoms with Gasteiger partial charge < -0.3 is 10.3 Å². The molecule has 0 radical (unpaired) electrons. The fourth-order valence-electron chi connectivity index (χ4n) is 4.30. The lowest BCUT2D eigenvalue weighted by Gasteiger charge is -2.20. The molecule has 0 aliphatic heterocycles. The summed E-state index contributed by atoms with van der Waals surface area (Å²) in [5, 5.41) is 0. The van der Waals surface area contributed by atoms with Crippen molar-refractivity contribution in [3.8, 4) is 0 Å². The zero-order valence-electron chi connectivity index (χ0n) is 13.6. The van der Waals surface area contributed by atoms with E-state index in [4.69, 9.17) is 10.7 Å². The van der Waals surface area contributed by atoms with Gasteiger partial charge in [-0.05, 0) is 31.6 Å². The van der Waals surface area contributed by atoms with Gasteiger partial charge in [-0.1, -0.05) is 51.9 Å². The van der Waals surface area contributed by atoms with E-state index in [0.717, 1.165) is 31.1 Å². The maximum atomic E-state index is 6.48. The molecule has 2 aliphatic rings. The second-order valence-electron chi connectivity index (χ2n) is 7.14. The molecular weight excluding hydrogens is 258 g/mol. The number of rotatable bonds is 5. The third kappa shape index (κ3) is 3.27. The molecule has 21 heavy (non-hydrogen) atoms. The van der Waals surface area contributed by atoms with E-state index in [-0.39, 0.29) is 0 Å². The Balaban J connectivity index is 1.80. The molecule has 1 aromatic rings. The van der Waals surface area contributed by atoms with E-state index in [1.165, 1.54) is 69.3 Å². The molecule has 0 bridgehead atoms. The monoisotopic (exact) mass is 289 g/mol. The van der Waals surface area contributed by atoms with E-state index in [9.17, 15) is 0 Å². The maximum absolute atomic E-state index is 6.48. The minimum atomic E-state index is 0.666. The van der Waals surface area contributed by atoms with Crippen molar-refractivity contribution in [2.24, 2.45) is 5.92 Å². The Kier molecular flexibility index (Phi) is 4.87. The van der Waals surface area contributed by atoms with Crippen LogP contribution in [0, 0.1) is 5.92 Å². The molecule has 0 atom stereocenters. The third-order valence-electron chi connectivity index (χ3n) is 5.49. The second-order valence-corrected chi connectivity index (χ2v) is 7.14. The predicted molar refractivity (Wildman–Crippen MR) is 88.4 cm³/mol. The highest BCUT2D eigenvalue weighted by atomic mass is 15.1. The summed E-state index contributed by atoms with van der Waals surface area (Å²) < 4.78 is 2.34. The number of hydrogen-bond donors (Lipinski definition) is 1. The summed E-state index contributed by atoms with van der Waals surface area (Å²) >= 11 is 0. The fraction of sp³-hybridized carbons (Fsp3) is 0.833. The standard InChI is InChI=1S/C18H31N3/c1-2-12-21-17(19)16(13-14-8-4-3-5-9-14)20-18(21)15-10-6-7-11-15/h14-15H,2-13,19H2,1H3. The molecule has 0 amide bonds. The number of anilines is 1. The summed E-state index contributed by atoms with van der Waals surface area (Å²) in [6.45, 7) is 3.27. The van der Waals surface area contributed by atoms with Crippen molar-refractivity contribution in [3.05, 3.63) is 11.5 Å². The molecular formula is C18H31N3. The third-order valence-corrected chi connectivity index (χ3v) is 5.49. The first kappa shape index (κ1) is 14.9. The normalized spacial score (nSPS) is 21.2. The topological polar surface area (TPSA) is 43.8 Å². The van der Waals surface area contributed by atoms with Crippen molar-refractivity contribution < 1.29 is 0 Å². The average Bonchev–Trinajstić information content (AvgIpc) is 3.12. The molecule has 3 nitrogen and oxygen atoms in total. The first-order valence-corrected chi connectivity index (χ1v) is 9.14. The Hall–Kier alpha value is -0.990. The summed E-state index contributed by atoms with van der Waals surface area (Å²) in [7, 11) is 0. The SMILES string of the molecule is CCCn1c(C2CCCC2)nc(CC2CCCCC2)c1N. The molecule has 3 heteroatoms. The van der Waals surface area contributed by atoms with Crippen molar-refractivity contribution >= 4 is 5.82 Å². The van der Waals surface area contributed by atoms with Gasteiger partial charge in [-0.2, -0.15) is 0 Å². The first-order valence-electron chi connectivity index (χ1n) is 9.14. The van der Waals surface area contributed by atoms with Gasteiger partial charge in [0.15, 0.2) is 0 Å². The largest absolute Gasteiger partial charge is 0.384 e. The molecule has 0 saturated heterocycles. The molecule has 3 rings (SSSR count). The van der Waals surface area contributed by atoms with E-state index < -0.39 is 0 Å². The van der Waals surface area contributed by atoms with Gasteiger partial charge in [0.25, 0.3) is 0 Å². The quantitative estimate of drug-likeness (QED) is 0.857. The summed E-state index contributed by atoms with van der Waals surface area (Å²) in [4.78, 5) is 5.04. The number of hydrogen-bond acceptors (Lipinski definition) is 2. The van der Waals surface area contributed by atoms with Crippen molar-refractivity contribution in [3.63, 3.8) is 0 Å². The van der Waals surface area contributed by atoms with Gasteiger partial charge in [0.1, 0.15) is 11.6 Å². The molecule has 0 spiro atoms. The van der Waals surface area contributed by atoms with Gasteiger partial charge in [0.05, 0.1) is 5.69 Å². The fourth-order valence-corrected chi connectivity index (χ4v) is 4.30. The maximum Gasteiger partial charge on any atom is 0.126 e. The van der Waals surface area contributed by atoms with Crippen molar-refractivity contribution in [2.45, 2.75) is 90.0 Å². The lowest BCUT2D eigenvalue weighted by atomic mass is 9.86. The van der Waals surface area contributed by atoms with Crippen LogP contribution in [0.3, 0.4) is 0 Å². The Morgan fingerprint density at radius 1 is 1.05 bits per heavy atom. The van der Waals surface area contributed by atoms with Crippen LogP contribution >= 0.6 is 0 Å². The lowest BCUT2D eigenvalue weighted by molar-refractivity contribution is 0.355.